The van der Waals surface area contributed by atoms with Crippen LogP contribution < -0.4 is 4.90 Å². The smallest absolute Gasteiger partial charge is 0.381 e. The number of benzene rings is 2. The Morgan fingerprint density at radius 1 is 1.05 bits per heavy atom. The van der Waals surface area contributed by atoms with E-state index in [1.165, 1.54) is 11.0 Å². The van der Waals surface area contributed by atoms with Gasteiger partial charge in [0.2, 0.25) is 0 Å². The molecule has 6 rings (SSSR count). The standard InChI is InChI=1S/C33H41F3N6O2/c1-20(2)29-19-39(3)9-10-41(29)17-22-12-26-27(28(13-22)33(34,35)36)18-42(32(26)43)24-8-6-7-21(11-24)14-30-37-38-31(40(30)4)23-15-25(16-23)44-5/h6-8,11-13,20,23,25,29H,9-10,14-19H2,1-5H3/t23?,25?,29-/m1/s1. The summed E-state index contributed by atoms with van der Waals surface area (Å²) in [7, 11) is 5.75. The van der Waals surface area contributed by atoms with Crippen LogP contribution >= 0.6 is 0 Å². The highest BCUT2D eigenvalue weighted by Gasteiger charge is 2.41. The molecule has 2 aromatic carbocycles. The lowest BCUT2D eigenvalue weighted by atomic mass is 9.81. The number of ether oxygens (including phenoxy) is 1. The van der Waals surface area contributed by atoms with E-state index < -0.39 is 17.6 Å². The van der Waals surface area contributed by atoms with E-state index in [1.54, 1.807) is 19.2 Å². The van der Waals surface area contributed by atoms with Gasteiger partial charge in [-0.2, -0.15) is 13.2 Å². The second-order valence-electron chi connectivity index (χ2n) is 13.0. The number of alkyl halides is 3. The molecule has 1 saturated heterocycles. The van der Waals surface area contributed by atoms with E-state index in [2.05, 4.69) is 40.9 Å². The number of carbonyl (C=O) groups is 1. The monoisotopic (exact) mass is 610 g/mol. The molecule has 0 bridgehead atoms. The number of nitrogens with zero attached hydrogens (tertiary/aromatic N) is 6. The van der Waals surface area contributed by atoms with Crippen molar-refractivity contribution in [2.24, 2.45) is 13.0 Å². The topological polar surface area (TPSA) is 66.7 Å². The van der Waals surface area contributed by atoms with Crippen LogP contribution in [0.3, 0.4) is 0 Å². The Hall–Kier alpha value is -3.28. The maximum Gasteiger partial charge on any atom is 0.416 e. The number of methoxy groups -OCH3 is 1. The summed E-state index contributed by atoms with van der Waals surface area (Å²) in [4.78, 5) is 19.7. The molecule has 3 heterocycles. The van der Waals surface area contributed by atoms with Crippen molar-refractivity contribution in [1.82, 2.24) is 24.6 Å². The SMILES string of the molecule is COC1CC(c2nnc(Cc3cccc(N4Cc5c(cc(CN6CCN(C)C[C@@H]6C(C)C)cc5C(F)(F)F)C4=O)c3)n2C)C1. The van der Waals surface area contributed by atoms with Crippen LogP contribution in [0.15, 0.2) is 36.4 Å². The highest BCUT2D eigenvalue weighted by Crippen LogP contribution is 2.41. The Balaban J connectivity index is 1.24. The molecule has 2 aliphatic heterocycles. The van der Waals surface area contributed by atoms with Crippen molar-refractivity contribution >= 4 is 11.6 Å². The fourth-order valence-corrected chi connectivity index (χ4v) is 6.95. The molecule has 236 valence electrons. The van der Waals surface area contributed by atoms with E-state index in [0.29, 0.717) is 36.1 Å². The lowest BCUT2D eigenvalue weighted by Crippen LogP contribution is -2.53. The lowest BCUT2D eigenvalue weighted by Gasteiger charge is -2.42. The maximum atomic E-state index is 14.4. The Morgan fingerprint density at radius 3 is 2.52 bits per heavy atom. The van der Waals surface area contributed by atoms with E-state index in [4.69, 9.17) is 4.74 Å². The second kappa shape index (κ2) is 11.9. The summed E-state index contributed by atoms with van der Waals surface area (Å²) in [6.45, 7) is 7.03. The minimum absolute atomic E-state index is 0.0447. The summed E-state index contributed by atoms with van der Waals surface area (Å²) in [5, 5.41) is 8.84. The maximum absolute atomic E-state index is 14.4. The summed E-state index contributed by atoms with van der Waals surface area (Å²) >= 11 is 0. The Labute approximate surface area is 256 Å². The molecule has 0 spiro atoms. The zero-order valence-corrected chi connectivity index (χ0v) is 26.1. The molecule has 3 aromatic rings. The highest BCUT2D eigenvalue weighted by molar-refractivity contribution is 6.10. The summed E-state index contributed by atoms with van der Waals surface area (Å²) in [6, 6.07) is 10.6. The molecule has 1 atom stereocenters. The number of aromatic nitrogens is 3. The largest absolute Gasteiger partial charge is 0.416 e. The van der Waals surface area contributed by atoms with Gasteiger partial charge in [-0.05, 0) is 66.8 Å². The van der Waals surface area contributed by atoms with E-state index >= 15 is 0 Å². The van der Waals surface area contributed by atoms with Gasteiger partial charge in [-0.15, -0.1) is 10.2 Å². The van der Waals surface area contributed by atoms with Crippen LogP contribution in [0.4, 0.5) is 18.9 Å². The molecule has 0 N–H and O–H groups in total. The first-order valence-corrected chi connectivity index (χ1v) is 15.4. The Bertz CT molecular complexity index is 1530. The summed E-state index contributed by atoms with van der Waals surface area (Å²) in [5.74, 6) is 2.00. The third-order valence-electron chi connectivity index (χ3n) is 9.68. The van der Waals surface area contributed by atoms with Gasteiger partial charge in [-0.25, -0.2) is 0 Å². The Kier molecular flexibility index (Phi) is 8.32. The molecule has 11 heteroatoms. The number of amides is 1. The van der Waals surface area contributed by atoms with Gasteiger partial charge in [0.05, 0.1) is 18.2 Å². The number of piperazine rings is 1. The van der Waals surface area contributed by atoms with Crippen LogP contribution in [-0.2, 0) is 37.5 Å². The zero-order chi connectivity index (χ0) is 31.3. The van der Waals surface area contributed by atoms with Gasteiger partial charge < -0.3 is 19.1 Å². The van der Waals surface area contributed by atoms with Crippen LogP contribution in [0.5, 0.6) is 0 Å². The van der Waals surface area contributed by atoms with Gasteiger partial charge in [0.1, 0.15) is 11.6 Å². The minimum Gasteiger partial charge on any atom is -0.381 e. The minimum atomic E-state index is -4.57. The van der Waals surface area contributed by atoms with Crippen molar-refractivity contribution in [3.63, 3.8) is 0 Å². The summed E-state index contributed by atoms with van der Waals surface area (Å²) in [5.41, 5.74) is 1.47. The van der Waals surface area contributed by atoms with Crippen LogP contribution in [-0.4, -0.2) is 76.4 Å². The second-order valence-corrected chi connectivity index (χ2v) is 13.0. The average molecular weight is 611 g/mol. The van der Waals surface area contributed by atoms with E-state index in [1.807, 2.05) is 29.8 Å². The first kappa shape index (κ1) is 30.7. The van der Waals surface area contributed by atoms with E-state index in [0.717, 1.165) is 49.7 Å². The normalized spacial score (nSPS) is 23.0. The van der Waals surface area contributed by atoms with Crippen LogP contribution in [0.25, 0.3) is 0 Å². The van der Waals surface area contributed by atoms with Gasteiger partial charge in [-0.3, -0.25) is 9.69 Å². The van der Waals surface area contributed by atoms with Gasteiger partial charge in [0.25, 0.3) is 5.91 Å². The number of rotatable bonds is 8. The van der Waals surface area contributed by atoms with Crippen molar-refractivity contribution < 1.29 is 22.7 Å². The number of anilines is 1. The Morgan fingerprint density at radius 2 is 1.82 bits per heavy atom. The van der Waals surface area contributed by atoms with Gasteiger partial charge in [0, 0.05) is 70.0 Å². The molecule has 2 fully saturated rings. The molecule has 1 saturated carbocycles. The first-order valence-electron chi connectivity index (χ1n) is 15.4. The van der Waals surface area contributed by atoms with Crippen molar-refractivity contribution in [3.8, 4) is 0 Å². The predicted molar refractivity (Wildman–Crippen MR) is 162 cm³/mol. The quantitative estimate of drug-likeness (QED) is 0.347. The zero-order valence-electron chi connectivity index (χ0n) is 26.1. The molecule has 3 aliphatic rings. The number of likely N-dealkylation sites (N-methyl/N-ethyl adjacent to an activating group) is 1. The fraction of sp³-hybridized carbons (Fsp3) is 0.545. The van der Waals surface area contributed by atoms with Gasteiger partial charge in [0.15, 0.2) is 0 Å². The number of carbonyl (C=O) groups excluding carboxylic acids is 1. The predicted octanol–water partition coefficient (Wildman–Crippen LogP) is 5.25. The van der Waals surface area contributed by atoms with E-state index in [-0.39, 0.29) is 29.8 Å². The van der Waals surface area contributed by atoms with Crippen molar-refractivity contribution in [3.05, 3.63) is 75.9 Å². The third-order valence-corrected chi connectivity index (χ3v) is 9.68. The van der Waals surface area contributed by atoms with Gasteiger partial charge in [-0.1, -0.05) is 26.0 Å². The lowest BCUT2D eigenvalue weighted by molar-refractivity contribution is -0.138. The molecule has 44 heavy (non-hydrogen) atoms. The summed E-state index contributed by atoms with van der Waals surface area (Å²) < 4.78 is 50.7. The number of fused-ring (bicyclic) bond motifs is 1. The third kappa shape index (κ3) is 5.89. The molecular weight excluding hydrogens is 569 g/mol. The number of hydrogen-bond donors (Lipinski definition) is 0. The van der Waals surface area contributed by atoms with Crippen molar-refractivity contribution in [2.75, 3.05) is 38.7 Å². The van der Waals surface area contributed by atoms with Crippen LogP contribution in [0.2, 0.25) is 0 Å². The fourth-order valence-electron chi connectivity index (χ4n) is 6.95. The summed E-state index contributed by atoms with van der Waals surface area (Å²) in [6.07, 6.45) is -1.97. The molecule has 1 aromatic heterocycles. The molecule has 0 unspecified atom stereocenters. The highest BCUT2D eigenvalue weighted by atomic mass is 19.4. The van der Waals surface area contributed by atoms with Crippen molar-refractivity contribution in [1.29, 1.82) is 0 Å². The van der Waals surface area contributed by atoms with Gasteiger partial charge >= 0.3 is 6.18 Å². The molecule has 0 radical (unpaired) electrons. The molecule has 1 amide bonds. The molecular formula is C33H41F3N6O2. The van der Waals surface area contributed by atoms with Crippen molar-refractivity contribution in [2.45, 2.75) is 70.4 Å². The number of halogens is 3. The average Bonchev–Trinajstić information content (AvgIpc) is 3.47. The first-order chi connectivity index (χ1) is 20.9. The molecule has 8 nitrogen and oxygen atoms in total. The van der Waals surface area contributed by atoms with E-state index in [9.17, 15) is 18.0 Å². The van der Waals surface area contributed by atoms with Crippen LogP contribution in [0, 0.1) is 5.92 Å². The van der Waals surface area contributed by atoms with Crippen LogP contribution in [0.1, 0.15) is 76.9 Å². The number of hydrogen-bond acceptors (Lipinski definition) is 6. The molecule has 1 aliphatic carbocycles.